The Kier molecular flexibility index (Phi) is 11.8. The number of aliphatic hydroxyl groups excluding tert-OH is 5. The summed E-state index contributed by atoms with van der Waals surface area (Å²) in [6.45, 7) is 13.4. The minimum absolute atomic E-state index is 0.0000161. The molecule has 0 aromatic heterocycles. The largest absolute Gasteiger partial charge is 0.478 e. The molecule has 0 spiro atoms. The normalized spacial score (nSPS) is 34.4. The van der Waals surface area contributed by atoms with Gasteiger partial charge in [0.05, 0.1) is 30.5 Å². The van der Waals surface area contributed by atoms with Crippen molar-refractivity contribution in [1.29, 1.82) is 0 Å². The van der Waals surface area contributed by atoms with Gasteiger partial charge in [-0.3, -0.25) is 0 Å². The van der Waals surface area contributed by atoms with Crippen molar-refractivity contribution in [3.8, 4) is 0 Å². The van der Waals surface area contributed by atoms with Crippen LogP contribution in [0.4, 0.5) is 0 Å². The predicted octanol–water partition coefficient (Wildman–Crippen LogP) is 4.09. The van der Waals surface area contributed by atoms with E-state index in [0.717, 1.165) is 18.4 Å². The molecule has 7 heteroatoms. The first-order valence-corrected chi connectivity index (χ1v) is 14.3. The Labute approximate surface area is 229 Å². The first kappa shape index (κ1) is 32.7. The molecule has 2 rings (SSSR count). The number of allylic oxidation sites excluding steroid dienone is 3. The molecule has 0 bridgehead atoms. The van der Waals surface area contributed by atoms with Crippen LogP contribution in [0.25, 0.3) is 0 Å². The van der Waals surface area contributed by atoms with Crippen LogP contribution in [0.5, 0.6) is 0 Å². The van der Waals surface area contributed by atoms with Gasteiger partial charge in [-0.1, -0.05) is 64.5 Å². The van der Waals surface area contributed by atoms with E-state index in [4.69, 9.17) is 0 Å². The highest BCUT2D eigenvalue weighted by Crippen LogP contribution is 2.55. The lowest BCUT2D eigenvalue weighted by Gasteiger charge is -2.54. The quantitative estimate of drug-likeness (QED) is 0.163. The number of hydrogen-bond donors (Lipinski definition) is 6. The summed E-state index contributed by atoms with van der Waals surface area (Å²) in [5.74, 6) is -1.10. The summed E-state index contributed by atoms with van der Waals surface area (Å²) in [5.41, 5.74) is 0.868. The van der Waals surface area contributed by atoms with Crippen LogP contribution in [0.3, 0.4) is 0 Å². The zero-order valence-corrected chi connectivity index (χ0v) is 24.3. The van der Waals surface area contributed by atoms with Gasteiger partial charge in [-0.15, -0.1) is 0 Å². The number of carboxylic acid groups (broad SMARTS) is 1. The third-order valence-corrected chi connectivity index (χ3v) is 9.34. The fraction of sp³-hybridized carbons (Fsp3) is 0.774. The minimum atomic E-state index is -0.951. The number of fused-ring (bicyclic) bond motifs is 1. The lowest BCUT2D eigenvalue weighted by atomic mass is 9.52. The highest BCUT2D eigenvalue weighted by molar-refractivity contribution is 5.85. The molecular weight excluding hydrogens is 484 g/mol. The molecule has 0 aliphatic heterocycles. The van der Waals surface area contributed by atoms with E-state index in [9.17, 15) is 35.4 Å². The molecule has 0 heterocycles. The molecular formula is C31H52O7. The fourth-order valence-corrected chi connectivity index (χ4v) is 6.74. The van der Waals surface area contributed by atoms with E-state index in [1.54, 1.807) is 13.8 Å². The van der Waals surface area contributed by atoms with Gasteiger partial charge in [0.2, 0.25) is 0 Å². The van der Waals surface area contributed by atoms with E-state index in [0.29, 0.717) is 12.3 Å². The highest BCUT2D eigenvalue weighted by atomic mass is 16.4. The van der Waals surface area contributed by atoms with Crippen LogP contribution in [-0.2, 0) is 4.79 Å². The summed E-state index contributed by atoms with van der Waals surface area (Å²) < 4.78 is 0. The summed E-state index contributed by atoms with van der Waals surface area (Å²) >= 11 is 0. The number of aliphatic carboxylic acids is 1. The van der Waals surface area contributed by atoms with Gasteiger partial charge in [-0.05, 0) is 69.6 Å². The summed E-state index contributed by atoms with van der Waals surface area (Å²) in [5, 5.41) is 62.2. The molecule has 1 saturated carbocycles. The zero-order chi connectivity index (χ0) is 28.9. The summed E-state index contributed by atoms with van der Waals surface area (Å²) in [4.78, 5) is 11.7. The van der Waals surface area contributed by atoms with Crippen molar-refractivity contribution in [1.82, 2.24) is 0 Å². The molecule has 218 valence electrons. The molecule has 7 nitrogen and oxygen atoms in total. The predicted molar refractivity (Wildman–Crippen MR) is 149 cm³/mol. The third kappa shape index (κ3) is 7.79. The standard InChI is InChI=1S/C31H52O7/c1-17(2)29(36)21(6)26(34)16-23(33)15-22(32)10-8-18(3)24-12-13-31(7)27(35)11-9-19(4)28(31)25(24)14-20(5)30(37)38/h8,12-14,17,19,21-29,32-36H,9-11,15-16H2,1-7H3,(H,37,38). The second-order valence-electron chi connectivity index (χ2n) is 12.7. The monoisotopic (exact) mass is 536 g/mol. The molecule has 11 unspecified atom stereocenters. The van der Waals surface area contributed by atoms with Gasteiger partial charge in [-0.2, -0.15) is 0 Å². The molecule has 0 radical (unpaired) electrons. The van der Waals surface area contributed by atoms with Gasteiger partial charge in [-0.25, -0.2) is 4.79 Å². The lowest BCUT2D eigenvalue weighted by Crippen LogP contribution is -2.51. The van der Waals surface area contributed by atoms with E-state index in [2.05, 4.69) is 26.0 Å². The van der Waals surface area contributed by atoms with Gasteiger partial charge < -0.3 is 30.6 Å². The Hall–Kier alpha value is -1.51. The van der Waals surface area contributed by atoms with Crippen LogP contribution in [0.1, 0.15) is 80.6 Å². The van der Waals surface area contributed by atoms with E-state index >= 15 is 0 Å². The highest BCUT2D eigenvalue weighted by Gasteiger charge is 2.51. The van der Waals surface area contributed by atoms with E-state index < -0.39 is 41.9 Å². The van der Waals surface area contributed by atoms with E-state index in [1.807, 2.05) is 32.9 Å². The molecule has 38 heavy (non-hydrogen) atoms. The zero-order valence-electron chi connectivity index (χ0n) is 24.3. The molecule has 6 N–H and O–H groups in total. The third-order valence-electron chi connectivity index (χ3n) is 9.34. The Morgan fingerprint density at radius 3 is 2.26 bits per heavy atom. The molecule has 0 saturated heterocycles. The van der Waals surface area contributed by atoms with Crippen molar-refractivity contribution in [3.05, 3.63) is 35.5 Å². The van der Waals surface area contributed by atoms with E-state index in [-0.39, 0.29) is 48.0 Å². The van der Waals surface area contributed by atoms with Crippen molar-refractivity contribution in [2.24, 2.45) is 40.9 Å². The average Bonchev–Trinajstić information content (AvgIpc) is 2.83. The lowest BCUT2D eigenvalue weighted by molar-refractivity contribution is -0.132. The van der Waals surface area contributed by atoms with Crippen molar-refractivity contribution in [3.63, 3.8) is 0 Å². The number of hydrogen-bond acceptors (Lipinski definition) is 6. The molecule has 0 aromatic rings. The number of aliphatic hydroxyl groups is 5. The van der Waals surface area contributed by atoms with Crippen molar-refractivity contribution >= 4 is 5.97 Å². The Balaban J connectivity index is 2.15. The molecule has 0 amide bonds. The van der Waals surface area contributed by atoms with Crippen LogP contribution < -0.4 is 0 Å². The molecule has 11 atom stereocenters. The maximum absolute atomic E-state index is 11.7. The molecule has 2 aliphatic carbocycles. The number of carboxylic acids is 1. The van der Waals surface area contributed by atoms with Crippen molar-refractivity contribution < 1.29 is 35.4 Å². The molecule has 1 fully saturated rings. The van der Waals surface area contributed by atoms with Crippen LogP contribution in [0.15, 0.2) is 35.5 Å². The maximum atomic E-state index is 11.7. The SMILES string of the molecule is CC(=CC1C(C(C)=CCC(O)CC(O)CC(O)C(C)C(O)C(C)C)C=CC2(C)C(O)CCC(C)C12)C(=O)O. The van der Waals surface area contributed by atoms with Gasteiger partial charge in [0.1, 0.15) is 0 Å². The van der Waals surface area contributed by atoms with Gasteiger partial charge >= 0.3 is 5.97 Å². The second kappa shape index (κ2) is 13.7. The smallest absolute Gasteiger partial charge is 0.330 e. The molecule has 0 aromatic carbocycles. The van der Waals surface area contributed by atoms with Crippen LogP contribution in [-0.4, -0.2) is 67.1 Å². The summed E-state index contributed by atoms with van der Waals surface area (Å²) in [6.07, 6.45) is 6.39. The first-order chi connectivity index (χ1) is 17.6. The summed E-state index contributed by atoms with van der Waals surface area (Å²) in [7, 11) is 0. The van der Waals surface area contributed by atoms with Crippen molar-refractivity contribution in [2.75, 3.05) is 0 Å². The topological polar surface area (TPSA) is 138 Å². The number of rotatable bonds is 12. The van der Waals surface area contributed by atoms with Crippen LogP contribution >= 0.6 is 0 Å². The van der Waals surface area contributed by atoms with Gasteiger partial charge in [0.15, 0.2) is 0 Å². The van der Waals surface area contributed by atoms with Crippen LogP contribution in [0.2, 0.25) is 0 Å². The fourth-order valence-electron chi connectivity index (χ4n) is 6.74. The second-order valence-corrected chi connectivity index (χ2v) is 12.7. The van der Waals surface area contributed by atoms with Gasteiger partial charge in [0, 0.05) is 22.8 Å². The van der Waals surface area contributed by atoms with E-state index in [1.165, 1.54) is 0 Å². The Morgan fingerprint density at radius 2 is 1.68 bits per heavy atom. The number of carbonyl (C=O) groups is 1. The molecule has 2 aliphatic rings. The summed E-state index contributed by atoms with van der Waals surface area (Å²) in [6, 6.07) is 0. The van der Waals surface area contributed by atoms with Gasteiger partial charge in [0.25, 0.3) is 0 Å². The Morgan fingerprint density at radius 1 is 1.05 bits per heavy atom. The average molecular weight is 537 g/mol. The minimum Gasteiger partial charge on any atom is -0.478 e. The van der Waals surface area contributed by atoms with Crippen LogP contribution in [0, 0.1) is 40.9 Å². The van der Waals surface area contributed by atoms with Crippen molar-refractivity contribution in [2.45, 2.75) is 111 Å². The first-order valence-electron chi connectivity index (χ1n) is 14.3. The Bertz CT molecular complexity index is 877. The maximum Gasteiger partial charge on any atom is 0.330 e.